The van der Waals surface area contributed by atoms with Gasteiger partial charge in [-0.05, 0) is 98.5 Å². The molecule has 0 heterocycles. The second-order valence-corrected chi connectivity index (χ2v) is 16.4. The molecule has 4 aromatic carbocycles. The lowest BCUT2D eigenvalue weighted by atomic mass is 9.78. The molecule has 0 spiro atoms. The van der Waals surface area contributed by atoms with Crippen LogP contribution in [0, 0.1) is 0 Å². The summed E-state index contributed by atoms with van der Waals surface area (Å²) in [5, 5.41) is 0. The van der Waals surface area contributed by atoms with Crippen LogP contribution in [-0.2, 0) is 49.0 Å². The van der Waals surface area contributed by atoms with Gasteiger partial charge in [0.25, 0.3) is 0 Å². The second-order valence-electron chi connectivity index (χ2n) is 16.4. The van der Waals surface area contributed by atoms with Gasteiger partial charge >= 0.3 is 23.9 Å². The minimum Gasteiger partial charge on any atom is -0.490 e. The lowest BCUT2D eigenvalue weighted by molar-refractivity contribution is -0.140. The number of benzene rings is 4. The molecular weight excluding hydrogens is 841 g/mol. The Morgan fingerprint density at radius 1 is 0.333 bits per heavy atom. The number of carbonyl (C=O) groups excluding carboxylic acids is 4. The number of esters is 4. The van der Waals surface area contributed by atoms with Crippen LogP contribution in [0.3, 0.4) is 0 Å². The number of hydrogen-bond donors (Lipinski definition) is 0. The van der Waals surface area contributed by atoms with E-state index in [4.69, 9.17) is 37.9 Å². The maximum Gasteiger partial charge on any atom is 0.333 e. The summed E-state index contributed by atoms with van der Waals surface area (Å²) < 4.78 is 42.6. The van der Waals surface area contributed by atoms with Crippen molar-refractivity contribution >= 4 is 23.9 Å². The van der Waals surface area contributed by atoms with Gasteiger partial charge in [-0.3, -0.25) is 0 Å². The molecule has 0 bridgehead atoms. The van der Waals surface area contributed by atoms with Crippen molar-refractivity contribution in [2.24, 2.45) is 0 Å². The van der Waals surface area contributed by atoms with Crippen LogP contribution in [0.15, 0.2) is 146 Å². The van der Waals surface area contributed by atoms with Crippen molar-refractivity contribution < 1.29 is 57.1 Å². The van der Waals surface area contributed by atoms with E-state index in [1.165, 1.54) is 0 Å². The van der Waals surface area contributed by atoms with Gasteiger partial charge in [0.15, 0.2) is 0 Å². The first-order valence-corrected chi connectivity index (χ1v) is 21.5. The Morgan fingerprint density at radius 2 is 0.500 bits per heavy atom. The molecule has 0 aliphatic rings. The molecular formula is C54H64O12. The third-order valence-corrected chi connectivity index (χ3v) is 10.0. The molecule has 352 valence electrons. The summed E-state index contributed by atoms with van der Waals surface area (Å²) in [6, 6.07) is 31.4. The van der Waals surface area contributed by atoms with Gasteiger partial charge in [-0.15, -0.1) is 0 Å². The lowest BCUT2D eigenvalue weighted by Gasteiger charge is -2.26. The van der Waals surface area contributed by atoms with Gasteiger partial charge in [-0.2, -0.15) is 0 Å². The van der Waals surface area contributed by atoms with Crippen LogP contribution in [0.4, 0.5) is 0 Å². The number of carbonyl (C=O) groups is 4. The van der Waals surface area contributed by atoms with Crippen molar-refractivity contribution in [3.05, 3.63) is 168 Å². The van der Waals surface area contributed by atoms with E-state index in [0.29, 0.717) is 45.3 Å². The normalized spacial score (nSPS) is 10.8. The highest BCUT2D eigenvalue weighted by Gasteiger charge is 2.24. The van der Waals surface area contributed by atoms with Crippen LogP contribution >= 0.6 is 0 Å². The first-order chi connectivity index (χ1) is 31.2. The van der Waals surface area contributed by atoms with E-state index in [2.05, 4.69) is 54.0 Å². The van der Waals surface area contributed by atoms with Crippen molar-refractivity contribution in [3.63, 3.8) is 0 Å². The summed E-state index contributed by atoms with van der Waals surface area (Å²) in [6.45, 7) is 30.9. The van der Waals surface area contributed by atoms with E-state index in [9.17, 15) is 19.2 Å². The standard InChI is InChI=1S/2C27H32O6/c2*1-19(2)25(28)32-17-15-30-23-11-7-21(8-12-23)27(5,6)22-9-13-24(14-10-22)31-16-18-33-26(29)20(3)4/h2*7-14H,1,3,15-18H2,2,4-6H3. The number of ether oxygens (including phenoxy) is 8. The van der Waals surface area contributed by atoms with Crippen LogP contribution in [-0.4, -0.2) is 76.7 Å². The third-order valence-electron chi connectivity index (χ3n) is 10.0. The molecule has 66 heavy (non-hydrogen) atoms. The van der Waals surface area contributed by atoms with Crippen molar-refractivity contribution in [2.75, 3.05) is 52.9 Å². The fourth-order valence-corrected chi connectivity index (χ4v) is 5.87. The molecule has 0 atom stereocenters. The van der Waals surface area contributed by atoms with Crippen LogP contribution in [0.1, 0.15) is 77.6 Å². The third kappa shape index (κ3) is 17.5. The first kappa shape index (κ1) is 53.3. The Bertz CT molecular complexity index is 1950. The summed E-state index contributed by atoms with van der Waals surface area (Å²) in [7, 11) is 0. The Hall–Kier alpha value is -7.08. The van der Waals surface area contributed by atoms with Crippen LogP contribution in [0.5, 0.6) is 23.0 Å². The average Bonchev–Trinajstić information content (AvgIpc) is 3.29. The molecule has 0 N–H and O–H groups in total. The Morgan fingerprint density at radius 3 is 0.652 bits per heavy atom. The first-order valence-electron chi connectivity index (χ1n) is 21.5. The van der Waals surface area contributed by atoms with Gasteiger partial charge in [-0.25, -0.2) is 19.2 Å². The minimum absolute atomic E-state index is 0.170. The zero-order valence-corrected chi connectivity index (χ0v) is 39.6. The van der Waals surface area contributed by atoms with E-state index < -0.39 is 23.9 Å². The van der Waals surface area contributed by atoms with Crippen LogP contribution in [0.25, 0.3) is 0 Å². The van der Waals surface area contributed by atoms with Crippen molar-refractivity contribution in [1.29, 1.82) is 0 Å². The Kier molecular flexibility index (Phi) is 21.0. The monoisotopic (exact) mass is 904 g/mol. The second kappa shape index (κ2) is 26.0. The highest BCUT2D eigenvalue weighted by Crippen LogP contribution is 2.35. The molecule has 0 radical (unpaired) electrons. The van der Waals surface area contributed by atoms with Gasteiger partial charge in [0.1, 0.15) is 75.9 Å². The number of hydrogen-bond acceptors (Lipinski definition) is 12. The molecule has 0 aliphatic carbocycles. The van der Waals surface area contributed by atoms with E-state index >= 15 is 0 Å². The molecule has 0 saturated heterocycles. The zero-order valence-electron chi connectivity index (χ0n) is 39.6. The predicted octanol–water partition coefficient (Wildman–Crippen LogP) is 10.0. The zero-order chi connectivity index (χ0) is 48.9. The SMILES string of the molecule is C=C(C)C(=O)OCCOc1ccc(C(C)(C)c2ccc(OCCOC(=O)C(=C)C)cc2)cc1.C=C(C)C(=O)OCCOc1ccc(C(C)(C)c2ccc(OCCOC(=O)C(=C)C)cc2)cc1. The molecule has 0 aliphatic heterocycles. The molecule has 0 amide bonds. The Balaban J connectivity index is 0.000000350. The van der Waals surface area contributed by atoms with Crippen molar-refractivity contribution in [2.45, 2.75) is 66.2 Å². The molecule has 0 unspecified atom stereocenters. The molecule has 0 fully saturated rings. The van der Waals surface area contributed by atoms with E-state index in [0.717, 1.165) is 22.3 Å². The summed E-state index contributed by atoms with van der Waals surface area (Å²) in [5.41, 5.74) is 5.52. The minimum atomic E-state index is -0.418. The Labute approximate surface area is 389 Å². The van der Waals surface area contributed by atoms with Gasteiger partial charge in [0.2, 0.25) is 0 Å². The topological polar surface area (TPSA) is 142 Å². The van der Waals surface area contributed by atoms with E-state index in [1.807, 2.05) is 97.1 Å². The molecule has 0 saturated carbocycles. The largest absolute Gasteiger partial charge is 0.490 e. The van der Waals surface area contributed by atoms with Crippen molar-refractivity contribution in [3.8, 4) is 23.0 Å². The van der Waals surface area contributed by atoms with Crippen LogP contribution in [0.2, 0.25) is 0 Å². The quantitative estimate of drug-likeness (QED) is 0.0286. The average molecular weight is 905 g/mol. The molecule has 4 rings (SSSR count). The maximum absolute atomic E-state index is 11.4. The van der Waals surface area contributed by atoms with Crippen molar-refractivity contribution in [1.82, 2.24) is 0 Å². The van der Waals surface area contributed by atoms with Gasteiger partial charge in [0.05, 0.1) is 0 Å². The fourth-order valence-electron chi connectivity index (χ4n) is 5.87. The number of rotatable bonds is 24. The summed E-state index contributed by atoms with van der Waals surface area (Å²) in [5.74, 6) is 1.15. The highest BCUT2D eigenvalue weighted by atomic mass is 16.6. The van der Waals surface area contributed by atoms with Gasteiger partial charge in [0, 0.05) is 33.1 Å². The smallest absolute Gasteiger partial charge is 0.333 e. The van der Waals surface area contributed by atoms with Gasteiger partial charge < -0.3 is 37.9 Å². The molecule has 12 heteroatoms. The molecule has 12 nitrogen and oxygen atoms in total. The summed E-state index contributed by atoms with van der Waals surface area (Å²) in [4.78, 5) is 45.5. The lowest BCUT2D eigenvalue weighted by Crippen LogP contribution is -2.19. The highest BCUT2D eigenvalue weighted by molar-refractivity contribution is 5.88. The summed E-state index contributed by atoms with van der Waals surface area (Å²) >= 11 is 0. The molecule has 0 aromatic heterocycles. The van der Waals surface area contributed by atoms with E-state index in [1.54, 1.807) is 27.7 Å². The summed E-state index contributed by atoms with van der Waals surface area (Å²) in [6.07, 6.45) is 0. The fraction of sp³-hybridized carbons (Fsp3) is 0.333. The molecule has 4 aromatic rings. The van der Waals surface area contributed by atoms with Crippen LogP contribution < -0.4 is 18.9 Å². The predicted molar refractivity (Wildman–Crippen MR) is 255 cm³/mol. The van der Waals surface area contributed by atoms with Gasteiger partial charge in [-0.1, -0.05) is 103 Å². The van der Waals surface area contributed by atoms with E-state index in [-0.39, 0.29) is 63.7 Å². The maximum atomic E-state index is 11.4.